The molecule has 1 N–H and O–H groups in total. The molecule has 2 aromatic rings. The number of carbonyl (C=O) groups is 2. The standard InChI is InChI=1S/C17H19NO5/c1-9-13-8-12(21-3)6-7-14(13)23-15(9)17(20)22-10(2)16(19)18-11-4-5-11/h6-8,10-11H,4-5H2,1-3H3,(H,18,19)/t10-/m0/s1. The average Bonchev–Trinajstić information content (AvgIpc) is 3.29. The number of rotatable bonds is 5. The molecule has 0 radical (unpaired) electrons. The van der Waals surface area contributed by atoms with Gasteiger partial charge in [-0.05, 0) is 44.9 Å². The van der Waals surface area contributed by atoms with Gasteiger partial charge in [-0.3, -0.25) is 4.79 Å². The molecule has 0 bridgehead atoms. The van der Waals surface area contributed by atoms with Gasteiger partial charge in [-0.15, -0.1) is 0 Å². The molecule has 6 nitrogen and oxygen atoms in total. The molecule has 1 aliphatic carbocycles. The van der Waals surface area contributed by atoms with E-state index in [0.717, 1.165) is 18.2 Å². The number of nitrogens with one attached hydrogen (secondary N) is 1. The second-order valence-corrected chi connectivity index (χ2v) is 5.75. The second-order valence-electron chi connectivity index (χ2n) is 5.75. The van der Waals surface area contributed by atoms with Crippen LogP contribution in [0.4, 0.5) is 0 Å². The van der Waals surface area contributed by atoms with Gasteiger partial charge in [0.2, 0.25) is 5.76 Å². The van der Waals surface area contributed by atoms with Crippen LogP contribution in [0.3, 0.4) is 0 Å². The van der Waals surface area contributed by atoms with Crippen LogP contribution in [0.1, 0.15) is 35.9 Å². The Kier molecular flexibility index (Phi) is 3.98. The van der Waals surface area contributed by atoms with Gasteiger partial charge in [-0.1, -0.05) is 0 Å². The first-order chi connectivity index (χ1) is 11.0. The van der Waals surface area contributed by atoms with Crippen molar-refractivity contribution < 1.29 is 23.5 Å². The third-order valence-corrected chi connectivity index (χ3v) is 3.91. The van der Waals surface area contributed by atoms with Crippen molar-refractivity contribution in [1.29, 1.82) is 0 Å². The molecule has 1 atom stereocenters. The Morgan fingerprint density at radius 1 is 1.35 bits per heavy atom. The number of amides is 1. The van der Waals surface area contributed by atoms with Gasteiger partial charge in [0.1, 0.15) is 11.3 Å². The molecular weight excluding hydrogens is 298 g/mol. The SMILES string of the molecule is COc1ccc2oc(C(=O)O[C@@H](C)C(=O)NC3CC3)c(C)c2c1. The Hall–Kier alpha value is -2.50. The summed E-state index contributed by atoms with van der Waals surface area (Å²) in [5, 5.41) is 3.59. The van der Waals surface area contributed by atoms with Gasteiger partial charge in [-0.25, -0.2) is 4.79 Å². The zero-order valence-corrected chi connectivity index (χ0v) is 13.3. The van der Waals surface area contributed by atoms with Crippen LogP contribution >= 0.6 is 0 Å². The molecule has 1 aromatic heterocycles. The van der Waals surface area contributed by atoms with E-state index in [1.165, 1.54) is 0 Å². The highest BCUT2D eigenvalue weighted by atomic mass is 16.6. The number of hydrogen-bond acceptors (Lipinski definition) is 5. The van der Waals surface area contributed by atoms with Crippen molar-refractivity contribution in [2.45, 2.75) is 38.8 Å². The fourth-order valence-electron chi connectivity index (χ4n) is 2.34. The number of benzene rings is 1. The highest BCUT2D eigenvalue weighted by Gasteiger charge is 2.28. The summed E-state index contributed by atoms with van der Waals surface area (Å²) in [7, 11) is 1.58. The van der Waals surface area contributed by atoms with Gasteiger partial charge >= 0.3 is 5.97 Å². The summed E-state index contributed by atoms with van der Waals surface area (Å²) < 4.78 is 16.0. The predicted molar refractivity (Wildman–Crippen MR) is 83.5 cm³/mol. The number of hydrogen-bond donors (Lipinski definition) is 1. The predicted octanol–water partition coefficient (Wildman–Crippen LogP) is 2.57. The zero-order valence-electron chi connectivity index (χ0n) is 13.3. The average molecular weight is 317 g/mol. The first-order valence-electron chi connectivity index (χ1n) is 7.58. The molecule has 1 amide bonds. The number of fused-ring (bicyclic) bond motifs is 1. The van der Waals surface area contributed by atoms with E-state index in [2.05, 4.69) is 5.32 Å². The molecule has 6 heteroatoms. The van der Waals surface area contributed by atoms with Gasteiger partial charge in [-0.2, -0.15) is 0 Å². The topological polar surface area (TPSA) is 77.8 Å². The lowest BCUT2D eigenvalue weighted by molar-refractivity contribution is -0.129. The molecule has 1 saturated carbocycles. The number of aryl methyl sites for hydroxylation is 1. The van der Waals surface area contributed by atoms with Crippen molar-refractivity contribution in [1.82, 2.24) is 5.32 Å². The lowest BCUT2D eigenvalue weighted by atomic mass is 10.1. The van der Waals surface area contributed by atoms with Crippen LogP contribution in [-0.2, 0) is 9.53 Å². The summed E-state index contributed by atoms with van der Waals surface area (Å²) in [5.74, 6) is -0.134. The van der Waals surface area contributed by atoms with Crippen LogP contribution in [-0.4, -0.2) is 31.1 Å². The Balaban J connectivity index is 1.77. The van der Waals surface area contributed by atoms with Crippen molar-refractivity contribution in [3.8, 4) is 5.75 Å². The molecule has 3 rings (SSSR count). The largest absolute Gasteiger partial charge is 0.497 e. The molecule has 0 spiro atoms. The van der Waals surface area contributed by atoms with E-state index < -0.39 is 12.1 Å². The smallest absolute Gasteiger partial charge is 0.375 e. The minimum absolute atomic E-state index is 0.110. The molecule has 122 valence electrons. The lowest BCUT2D eigenvalue weighted by Gasteiger charge is -2.12. The van der Waals surface area contributed by atoms with Crippen LogP contribution in [0.15, 0.2) is 22.6 Å². The maximum atomic E-state index is 12.3. The number of esters is 1. The van der Waals surface area contributed by atoms with E-state index >= 15 is 0 Å². The molecule has 1 aromatic carbocycles. The van der Waals surface area contributed by atoms with Crippen molar-refractivity contribution in [3.63, 3.8) is 0 Å². The van der Waals surface area contributed by atoms with Crippen molar-refractivity contribution >= 4 is 22.8 Å². The summed E-state index contributed by atoms with van der Waals surface area (Å²) in [6.07, 6.45) is 1.11. The first kappa shape index (κ1) is 15.4. The second kappa shape index (κ2) is 5.95. The van der Waals surface area contributed by atoms with Gasteiger partial charge in [0.15, 0.2) is 6.10 Å². The molecule has 1 fully saturated rings. The molecular formula is C17H19NO5. The van der Waals surface area contributed by atoms with Gasteiger partial charge in [0, 0.05) is 17.0 Å². The summed E-state index contributed by atoms with van der Waals surface area (Å²) in [4.78, 5) is 24.1. The Morgan fingerprint density at radius 3 is 2.74 bits per heavy atom. The zero-order chi connectivity index (χ0) is 16.6. The summed E-state index contributed by atoms with van der Waals surface area (Å²) in [6, 6.07) is 5.52. The summed E-state index contributed by atoms with van der Waals surface area (Å²) in [5.41, 5.74) is 1.24. The van der Waals surface area contributed by atoms with Gasteiger partial charge in [0.25, 0.3) is 5.91 Å². The van der Waals surface area contributed by atoms with Gasteiger partial charge < -0.3 is 19.2 Å². The van der Waals surface area contributed by atoms with E-state index in [-0.39, 0.29) is 17.7 Å². The fraction of sp³-hybridized carbons (Fsp3) is 0.412. The lowest BCUT2D eigenvalue weighted by Crippen LogP contribution is -2.37. The van der Waals surface area contributed by atoms with Crippen LogP contribution in [0.25, 0.3) is 11.0 Å². The Bertz CT molecular complexity index is 760. The first-order valence-corrected chi connectivity index (χ1v) is 7.58. The molecule has 0 saturated heterocycles. The number of carbonyl (C=O) groups excluding carboxylic acids is 2. The quantitative estimate of drug-likeness (QED) is 0.858. The fourth-order valence-corrected chi connectivity index (χ4v) is 2.34. The van der Waals surface area contributed by atoms with Crippen LogP contribution in [0.2, 0.25) is 0 Å². The van der Waals surface area contributed by atoms with Crippen LogP contribution < -0.4 is 10.1 Å². The van der Waals surface area contributed by atoms with E-state index in [1.807, 2.05) is 0 Å². The highest BCUT2D eigenvalue weighted by Crippen LogP contribution is 2.29. The third kappa shape index (κ3) is 3.16. The maximum absolute atomic E-state index is 12.3. The normalized spacial score (nSPS) is 15.3. The van der Waals surface area contributed by atoms with Crippen LogP contribution in [0, 0.1) is 6.92 Å². The Labute approximate surface area is 133 Å². The molecule has 1 heterocycles. The van der Waals surface area contributed by atoms with Gasteiger partial charge in [0.05, 0.1) is 7.11 Å². The van der Waals surface area contributed by atoms with Crippen molar-refractivity contribution in [2.24, 2.45) is 0 Å². The molecule has 23 heavy (non-hydrogen) atoms. The highest BCUT2D eigenvalue weighted by molar-refractivity contribution is 5.97. The van der Waals surface area contributed by atoms with E-state index in [0.29, 0.717) is 16.9 Å². The molecule has 0 unspecified atom stereocenters. The third-order valence-electron chi connectivity index (χ3n) is 3.91. The number of methoxy groups -OCH3 is 1. The summed E-state index contributed by atoms with van der Waals surface area (Å²) in [6.45, 7) is 3.33. The minimum Gasteiger partial charge on any atom is -0.497 e. The summed E-state index contributed by atoms with van der Waals surface area (Å²) >= 11 is 0. The monoisotopic (exact) mass is 317 g/mol. The molecule has 1 aliphatic rings. The van der Waals surface area contributed by atoms with E-state index in [1.54, 1.807) is 39.2 Å². The van der Waals surface area contributed by atoms with Crippen molar-refractivity contribution in [2.75, 3.05) is 7.11 Å². The molecule has 0 aliphatic heterocycles. The number of ether oxygens (including phenoxy) is 2. The van der Waals surface area contributed by atoms with E-state index in [9.17, 15) is 9.59 Å². The Morgan fingerprint density at radius 2 is 2.09 bits per heavy atom. The van der Waals surface area contributed by atoms with Crippen LogP contribution in [0.5, 0.6) is 5.75 Å². The maximum Gasteiger partial charge on any atom is 0.375 e. The van der Waals surface area contributed by atoms with E-state index in [4.69, 9.17) is 13.9 Å². The minimum atomic E-state index is -0.856. The van der Waals surface area contributed by atoms with Crippen molar-refractivity contribution in [3.05, 3.63) is 29.5 Å². The number of furan rings is 1.